The molecule has 0 saturated carbocycles. The van der Waals surface area contributed by atoms with Gasteiger partial charge in [-0.2, -0.15) is 0 Å². The van der Waals surface area contributed by atoms with Crippen LogP contribution >= 0.6 is 0 Å². The van der Waals surface area contributed by atoms with Crippen LogP contribution in [0.5, 0.6) is 0 Å². The summed E-state index contributed by atoms with van der Waals surface area (Å²) in [5.74, 6) is 0.198. The molecule has 4 nitrogen and oxygen atoms in total. The highest BCUT2D eigenvalue weighted by Crippen LogP contribution is 2.11. The molecule has 1 rings (SSSR count). The van der Waals surface area contributed by atoms with E-state index in [0.717, 1.165) is 6.54 Å². The maximum Gasteiger partial charge on any atom is 0.185 e. The van der Waals surface area contributed by atoms with E-state index in [1.165, 1.54) is 32.4 Å². The minimum absolute atomic E-state index is 0.198. The van der Waals surface area contributed by atoms with Gasteiger partial charge >= 0.3 is 0 Å². The molecule has 0 aromatic carbocycles. The molecule has 0 aromatic heterocycles. The Morgan fingerprint density at radius 2 is 1.92 bits per heavy atom. The van der Waals surface area contributed by atoms with Crippen LogP contribution in [-0.4, -0.2) is 36.5 Å². The van der Waals surface area contributed by atoms with Gasteiger partial charge in [-0.05, 0) is 32.9 Å². The molecular formula is C9H20N4. The Morgan fingerprint density at radius 3 is 2.46 bits per heavy atom. The van der Waals surface area contributed by atoms with Crippen LogP contribution in [0, 0.1) is 0 Å². The van der Waals surface area contributed by atoms with Gasteiger partial charge in [0.2, 0.25) is 0 Å². The van der Waals surface area contributed by atoms with E-state index in [4.69, 9.17) is 11.5 Å². The quantitative estimate of drug-likeness (QED) is 0.484. The van der Waals surface area contributed by atoms with Crippen LogP contribution in [0.25, 0.3) is 0 Å². The first kappa shape index (κ1) is 10.3. The highest BCUT2D eigenvalue weighted by atomic mass is 15.2. The Balaban J connectivity index is 2.28. The minimum atomic E-state index is 0.198. The van der Waals surface area contributed by atoms with Crippen molar-refractivity contribution < 1.29 is 0 Å². The van der Waals surface area contributed by atoms with Gasteiger partial charge in [-0.3, -0.25) is 9.89 Å². The van der Waals surface area contributed by atoms with E-state index >= 15 is 0 Å². The Hall–Kier alpha value is -0.770. The van der Waals surface area contributed by atoms with Crippen LogP contribution in [-0.2, 0) is 0 Å². The van der Waals surface area contributed by atoms with Crippen molar-refractivity contribution in [3.63, 3.8) is 0 Å². The molecule has 1 atom stereocenters. The standard InChI is InChI=1S/C9H20N4/c1-8(7-12-9(10)11)13-5-3-2-4-6-13/h8H,2-7H2,1H3,(H4,10,11,12). The van der Waals surface area contributed by atoms with Gasteiger partial charge in [0, 0.05) is 6.04 Å². The number of nitrogens with two attached hydrogens (primary N) is 2. The van der Waals surface area contributed by atoms with Gasteiger partial charge in [0.25, 0.3) is 0 Å². The second kappa shape index (κ2) is 5.07. The topological polar surface area (TPSA) is 67.6 Å². The van der Waals surface area contributed by atoms with E-state index < -0.39 is 0 Å². The van der Waals surface area contributed by atoms with Gasteiger partial charge in [0.15, 0.2) is 5.96 Å². The maximum atomic E-state index is 5.28. The zero-order chi connectivity index (χ0) is 9.68. The molecule has 13 heavy (non-hydrogen) atoms. The van der Waals surface area contributed by atoms with E-state index in [2.05, 4.69) is 16.8 Å². The average Bonchev–Trinajstić information content (AvgIpc) is 2.15. The Labute approximate surface area is 80.0 Å². The molecule has 0 bridgehead atoms. The van der Waals surface area contributed by atoms with Crippen molar-refractivity contribution in [2.75, 3.05) is 19.6 Å². The molecule has 1 unspecified atom stereocenters. The molecule has 0 spiro atoms. The molecule has 4 N–H and O–H groups in total. The third kappa shape index (κ3) is 3.63. The van der Waals surface area contributed by atoms with Crippen molar-refractivity contribution in [2.45, 2.75) is 32.2 Å². The lowest BCUT2D eigenvalue weighted by atomic mass is 10.1. The first-order valence-electron chi connectivity index (χ1n) is 4.99. The van der Waals surface area contributed by atoms with Crippen LogP contribution in [0.1, 0.15) is 26.2 Å². The number of rotatable bonds is 3. The van der Waals surface area contributed by atoms with Crippen molar-refractivity contribution >= 4 is 5.96 Å². The number of aliphatic imine (C=N–C) groups is 1. The number of hydrogen-bond acceptors (Lipinski definition) is 2. The van der Waals surface area contributed by atoms with Gasteiger partial charge in [0.05, 0.1) is 6.54 Å². The van der Waals surface area contributed by atoms with Gasteiger partial charge in [-0.1, -0.05) is 6.42 Å². The van der Waals surface area contributed by atoms with Crippen LogP contribution in [0.2, 0.25) is 0 Å². The van der Waals surface area contributed by atoms with Gasteiger partial charge < -0.3 is 11.5 Å². The normalized spacial score (nSPS) is 21.0. The lowest BCUT2D eigenvalue weighted by molar-refractivity contribution is 0.178. The molecular weight excluding hydrogens is 164 g/mol. The van der Waals surface area contributed by atoms with Crippen LogP contribution in [0.4, 0.5) is 0 Å². The summed E-state index contributed by atoms with van der Waals surface area (Å²) >= 11 is 0. The van der Waals surface area contributed by atoms with Crippen molar-refractivity contribution in [1.29, 1.82) is 0 Å². The second-order valence-electron chi connectivity index (χ2n) is 3.71. The van der Waals surface area contributed by atoms with Crippen molar-refractivity contribution in [1.82, 2.24) is 4.90 Å². The smallest absolute Gasteiger partial charge is 0.185 e. The predicted molar refractivity (Wildman–Crippen MR) is 55.6 cm³/mol. The van der Waals surface area contributed by atoms with Crippen molar-refractivity contribution in [3.8, 4) is 0 Å². The Kier molecular flexibility index (Phi) is 4.02. The summed E-state index contributed by atoms with van der Waals surface area (Å²) in [6.07, 6.45) is 3.99. The number of likely N-dealkylation sites (tertiary alicyclic amines) is 1. The van der Waals surface area contributed by atoms with Gasteiger partial charge in [-0.15, -0.1) is 0 Å². The van der Waals surface area contributed by atoms with Gasteiger partial charge in [0.1, 0.15) is 0 Å². The van der Waals surface area contributed by atoms with Crippen LogP contribution < -0.4 is 11.5 Å². The molecule has 1 saturated heterocycles. The Bertz CT molecular complexity index is 168. The molecule has 4 heteroatoms. The number of hydrogen-bond donors (Lipinski definition) is 2. The molecule has 1 aliphatic rings. The van der Waals surface area contributed by atoms with E-state index in [1.54, 1.807) is 0 Å². The molecule has 1 fully saturated rings. The summed E-state index contributed by atoms with van der Waals surface area (Å²) in [5.41, 5.74) is 10.6. The molecule has 0 amide bonds. The van der Waals surface area contributed by atoms with Crippen molar-refractivity contribution in [2.24, 2.45) is 16.5 Å². The molecule has 0 aromatic rings. The summed E-state index contributed by atoms with van der Waals surface area (Å²) in [4.78, 5) is 6.48. The zero-order valence-corrected chi connectivity index (χ0v) is 8.37. The average molecular weight is 184 g/mol. The van der Waals surface area contributed by atoms with E-state index in [9.17, 15) is 0 Å². The lowest BCUT2D eigenvalue weighted by Crippen LogP contribution is -2.39. The van der Waals surface area contributed by atoms with Crippen LogP contribution in [0.15, 0.2) is 4.99 Å². The summed E-state index contributed by atoms with van der Waals surface area (Å²) in [7, 11) is 0. The summed E-state index contributed by atoms with van der Waals surface area (Å²) in [6, 6.07) is 0.474. The number of guanidine groups is 1. The molecule has 1 aliphatic heterocycles. The lowest BCUT2D eigenvalue weighted by Gasteiger charge is -2.31. The fraction of sp³-hybridized carbons (Fsp3) is 0.889. The highest BCUT2D eigenvalue weighted by molar-refractivity contribution is 5.75. The third-order valence-corrected chi connectivity index (χ3v) is 2.55. The van der Waals surface area contributed by atoms with E-state index in [-0.39, 0.29) is 5.96 Å². The Morgan fingerprint density at radius 1 is 1.31 bits per heavy atom. The number of piperidine rings is 1. The van der Waals surface area contributed by atoms with E-state index in [1.807, 2.05) is 0 Å². The summed E-state index contributed by atoms with van der Waals surface area (Å²) < 4.78 is 0. The first-order valence-corrected chi connectivity index (χ1v) is 4.99. The molecule has 1 heterocycles. The zero-order valence-electron chi connectivity index (χ0n) is 8.37. The summed E-state index contributed by atoms with van der Waals surface area (Å²) in [5, 5.41) is 0. The minimum Gasteiger partial charge on any atom is -0.370 e. The summed E-state index contributed by atoms with van der Waals surface area (Å²) in [6.45, 7) is 5.29. The largest absolute Gasteiger partial charge is 0.370 e. The van der Waals surface area contributed by atoms with Gasteiger partial charge in [-0.25, -0.2) is 0 Å². The predicted octanol–water partition coefficient (Wildman–Crippen LogP) is 0.134. The maximum absolute atomic E-state index is 5.28. The fourth-order valence-electron chi connectivity index (χ4n) is 1.71. The first-order chi connectivity index (χ1) is 6.20. The fourth-order valence-corrected chi connectivity index (χ4v) is 1.71. The number of nitrogens with zero attached hydrogens (tertiary/aromatic N) is 2. The van der Waals surface area contributed by atoms with Crippen molar-refractivity contribution in [3.05, 3.63) is 0 Å². The molecule has 0 radical (unpaired) electrons. The van der Waals surface area contributed by atoms with Crippen LogP contribution in [0.3, 0.4) is 0 Å². The third-order valence-electron chi connectivity index (χ3n) is 2.55. The highest BCUT2D eigenvalue weighted by Gasteiger charge is 2.15. The SMILES string of the molecule is CC(CN=C(N)N)N1CCCCC1. The second-order valence-corrected chi connectivity index (χ2v) is 3.71. The molecule has 76 valence electrons. The van der Waals surface area contributed by atoms with E-state index in [0.29, 0.717) is 6.04 Å². The molecule has 0 aliphatic carbocycles. The monoisotopic (exact) mass is 184 g/mol.